The van der Waals surface area contributed by atoms with E-state index >= 15 is 0 Å². The lowest BCUT2D eigenvalue weighted by Gasteiger charge is -2.38. The van der Waals surface area contributed by atoms with Gasteiger partial charge in [-0.05, 0) is 37.1 Å². The van der Waals surface area contributed by atoms with Crippen LogP contribution in [0.3, 0.4) is 0 Å². The van der Waals surface area contributed by atoms with Crippen LogP contribution in [-0.4, -0.2) is 62.2 Å². The normalized spacial score (nSPS) is 18.0. The Bertz CT molecular complexity index is 830. The van der Waals surface area contributed by atoms with Gasteiger partial charge in [-0.3, -0.25) is 14.7 Å². The second-order valence-corrected chi connectivity index (χ2v) is 8.54. The number of carbonyl (C=O) groups excluding carboxylic acids is 1. The van der Waals surface area contributed by atoms with Crippen molar-refractivity contribution in [1.82, 2.24) is 9.88 Å². The minimum Gasteiger partial charge on any atom is -0.495 e. The Balaban J connectivity index is 1.36. The van der Waals surface area contributed by atoms with Crippen LogP contribution >= 0.6 is 0 Å². The number of para-hydroxylation sites is 2. The summed E-state index contributed by atoms with van der Waals surface area (Å²) in [6, 6.07) is 12.1. The first kappa shape index (κ1) is 21.6. The number of benzene rings is 1. The molecule has 6 heteroatoms. The van der Waals surface area contributed by atoms with E-state index < -0.39 is 0 Å². The summed E-state index contributed by atoms with van der Waals surface area (Å²) in [5.74, 6) is 1.37. The summed E-state index contributed by atoms with van der Waals surface area (Å²) in [6.45, 7) is 5.49. The third kappa shape index (κ3) is 5.37. The second-order valence-electron chi connectivity index (χ2n) is 8.54. The van der Waals surface area contributed by atoms with Crippen molar-refractivity contribution in [2.24, 2.45) is 5.92 Å². The number of ether oxygens (including phenoxy) is 1. The highest BCUT2D eigenvalue weighted by Gasteiger charge is 2.28. The number of anilines is 2. The first-order chi connectivity index (χ1) is 15.3. The summed E-state index contributed by atoms with van der Waals surface area (Å²) >= 11 is 0. The molecule has 2 heterocycles. The van der Waals surface area contributed by atoms with Gasteiger partial charge in [-0.25, -0.2) is 0 Å². The van der Waals surface area contributed by atoms with Crippen molar-refractivity contribution in [3.8, 4) is 5.75 Å². The van der Waals surface area contributed by atoms with E-state index in [1.54, 1.807) is 13.3 Å². The van der Waals surface area contributed by atoms with Gasteiger partial charge < -0.3 is 14.5 Å². The van der Waals surface area contributed by atoms with Gasteiger partial charge in [0.25, 0.3) is 0 Å². The molecule has 1 amide bonds. The van der Waals surface area contributed by atoms with Gasteiger partial charge >= 0.3 is 0 Å². The van der Waals surface area contributed by atoms with Crippen molar-refractivity contribution >= 4 is 17.3 Å². The van der Waals surface area contributed by atoms with Crippen molar-refractivity contribution in [2.45, 2.75) is 32.1 Å². The van der Waals surface area contributed by atoms with Crippen LogP contribution in [0.1, 0.15) is 32.1 Å². The number of hydrogen-bond acceptors (Lipinski definition) is 5. The Morgan fingerprint density at radius 3 is 2.55 bits per heavy atom. The van der Waals surface area contributed by atoms with Crippen LogP contribution in [0.2, 0.25) is 0 Å². The number of aromatic nitrogens is 1. The van der Waals surface area contributed by atoms with Crippen LogP contribution in [0.15, 0.2) is 48.8 Å². The van der Waals surface area contributed by atoms with Gasteiger partial charge in [0.05, 0.1) is 24.7 Å². The molecule has 1 aliphatic heterocycles. The molecule has 0 bridgehead atoms. The molecule has 4 rings (SSSR count). The number of pyridine rings is 1. The third-order valence-electron chi connectivity index (χ3n) is 6.62. The van der Waals surface area contributed by atoms with Gasteiger partial charge in [-0.15, -0.1) is 0 Å². The molecule has 6 nitrogen and oxygen atoms in total. The molecule has 0 atom stereocenters. The van der Waals surface area contributed by atoms with Crippen LogP contribution in [0, 0.1) is 5.92 Å². The molecule has 0 N–H and O–H groups in total. The van der Waals surface area contributed by atoms with Gasteiger partial charge in [0.1, 0.15) is 5.75 Å². The predicted octanol–water partition coefficient (Wildman–Crippen LogP) is 3.83. The lowest BCUT2D eigenvalue weighted by Crippen LogP contribution is -2.49. The highest BCUT2D eigenvalue weighted by atomic mass is 16.5. The molecule has 2 aliphatic rings. The molecule has 1 saturated heterocycles. The number of amides is 1. The zero-order chi connectivity index (χ0) is 21.5. The maximum absolute atomic E-state index is 13.3. The molecule has 1 aromatic carbocycles. The summed E-state index contributed by atoms with van der Waals surface area (Å²) in [5.41, 5.74) is 2.08. The van der Waals surface area contributed by atoms with Crippen molar-refractivity contribution in [1.29, 1.82) is 0 Å². The summed E-state index contributed by atoms with van der Waals surface area (Å²) in [7, 11) is 1.73. The molecule has 0 unspecified atom stereocenters. The minimum atomic E-state index is 0.163. The highest BCUT2D eigenvalue weighted by molar-refractivity contribution is 5.94. The van der Waals surface area contributed by atoms with Crippen molar-refractivity contribution in [2.75, 3.05) is 56.2 Å². The number of hydrogen-bond donors (Lipinski definition) is 0. The molecular weight excluding hydrogens is 388 g/mol. The molecular formula is C25H34N4O2. The fourth-order valence-electron chi connectivity index (χ4n) is 4.79. The van der Waals surface area contributed by atoms with Gasteiger partial charge in [0.15, 0.2) is 0 Å². The first-order valence-corrected chi connectivity index (χ1v) is 11.6. The largest absolute Gasteiger partial charge is 0.495 e. The highest BCUT2D eigenvalue weighted by Crippen LogP contribution is 2.29. The topological polar surface area (TPSA) is 48.9 Å². The van der Waals surface area contributed by atoms with Crippen LogP contribution in [0.5, 0.6) is 5.75 Å². The van der Waals surface area contributed by atoms with E-state index in [0.717, 1.165) is 69.2 Å². The lowest BCUT2D eigenvalue weighted by atomic mass is 9.88. The fourth-order valence-corrected chi connectivity index (χ4v) is 4.79. The summed E-state index contributed by atoms with van der Waals surface area (Å²) < 4.78 is 5.53. The van der Waals surface area contributed by atoms with Gasteiger partial charge in [-0.1, -0.05) is 31.4 Å². The van der Waals surface area contributed by atoms with E-state index in [1.807, 2.05) is 35.4 Å². The van der Waals surface area contributed by atoms with Crippen molar-refractivity contribution in [3.63, 3.8) is 0 Å². The standard InChI is InChI=1S/C25H34N4O2/c1-31-24-12-6-5-11-23(24)28-17-14-27(15-18-28)16-19-29(22-10-7-13-26-20-22)25(30)21-8-3-2-4-9-21/h5-7,10-13,20-21H,2-4,8-9,14-19H2,1H3. The van der Waals surface area contributed by atoms with Crippen LogP contribution < -0.4 is 14.5 Å². The maximum Gasteiger partial charge on any atom is 0.230 e. The maximum atomic E-state index is 13.3. The molecule has 2 fully saturated rings. The monoisotopic (exact) mass is 422 g/mol. The molecule has 1 saturated carbocycles. The van der Waals surface area contributed by atoms with E-state index in [4.69, 9.17) is 4.74 Å². The Kier molecular flexibility index (Phi) is 7.41. The summed E-state index contributed by atoms with van der Waals surface area (Å²) in [4.78, 5) is 24.4. The summed E-state index contributed by atoms with van der Waals surface area (Å²) in [5, 5.41) is 0. The van der Waals surface area contributed by atoms with Gasteiger partial charge in [0.2, 0.25) is 5.91 Å². The SMILES string of the molecule is COc1ccccc1N1CCN(CCN(C(=O)C2CCCCC2)c2cccnc2)CC1. The van der Waals surface area contributed by atoms with Crippen LogP contribution in [-0.2, 0) is 4.79 Å². The van der Waals surface area contributed by atoms with E-state index in [-0.39, 0.29) is 11.8 Å². The Hall–Kier alpha value is -2.60. The van der Waals surface area contributed by atoms with Gasteiger partial charge in [0, 0.05) is 51.4 Å². The number of methoxy groups -OCH3 is 1. The quantitative estimate of drug-likeness (QED) is 0.679. The zero-order valence-electron chi connectivity index (χ0n) is 18.6. The molecule has 1 aliphatic carbocycles. The number of piperazine rings is 1. The van der Waals surface area contributed by atoms with Crippen molar-refractivity contribution in [3.05, 3.63) is 48.8 Å². The molecule has 0 radical (unpaired) electrons. The van der Waals surface area contributed by atoms with E-state index in [0.29, 0.717) is 0 Å². The number of nitrogens with zero attached hydrogens (tertiary/aromatic N) is 4. The Morgan fingerprint density at radius 2 is 1.84 bits per heavy atom. The molecule has 2 aromatic rings. The molecule has 0 spiro atoms. The average Bonchev–Trinajstić information content (AvgIpc) is 2.85. The van der Waals surface area contributed by atoms with E-state index in [9.17, 15) is 4.79 Å². The van der Waals surface area contributed by atoms with Crippen LogP contribution in [0.25, 0.3) is 0 Å². The molecule has 31 heavy (non-hydrogen) atoms. The minimum absolute atomic E-state index is 0.163. The fraction of sp³-hybridized carbons (Fsp3) is 0.520. The molecule has 1 aromatic heterocycles. The van der Waals surface area contributed by atoms with E-state index in [1.165, 1.54) is 19.3 Å². The van der Waals surface area contributed by atoms with Crippen molar-refractivity contribution < 1.29 is 9.53 Å². The Labute approximate surface area is 185 Å². The lowest BCUT2D eigenvalue weighted by molar-refractivity contribution is -0.123. The summed E-state index contributed by atoms with van der Waals surface area (Å²) in [6.07, 6.45) is 9.22. The van der Waals surface area contributed by atoms with E-state index in [2.05, 4.69) is 26.9 Å². The Morgan fingerprint density at radius 1 is 1.06 bits per heavy atom. The second kappa shape index (κ2) is 10.6. The van der Waals surface area contributed by atoms with Gasteiger partial charge in [-0.2, -0.15) is 0 Å². The third-order valence-corrected chi connectivity index (χ3v) is 6.62. The number of rotatable bonds is 7. The smallest absolute Gasteiger partial charge is 0.230 e. The first-order valence-electron chi connectivity index (χ1n) is 11.6. The predicted molar refractivity (Wildman–Crippen MR) is 125 cm³/mol. The number of carbonyl (C=O) groups is 1. The zero-order valence-corrected chi connectivity index (χ0v) is 18.6. The van der Waals surface area contributed by atoms with Crippen LogP contribution in [0.4, 0.5) is 11.4 Å². The average molecular weight is 423 g/mol. The molecule has 166 valence electrons.